The number of thiocarbonyl (C=S) groups is 1. The highest BCUT2D eigenvalue weighted by Gasteiger charge is 2.17. The molecule has 0 bridgehead atoms. The second-order valence-corrected chi connectivity index (χ2v) is 5.99. The topological polar surface area (TPSA) is 52.8 Å². The normalized spacial score (nSPS) is 17.1. The van der Waals surface area contributed by atoms with Crippen molar-refractivity contribution in [3.8, 4) is 0 Å². The van der Waals surface area contributed by atoms with Crippen molar-refractivity contribution < 1.29 is 4.79 Å². The fraction of sp³-hybridized carbons (Fsp3) is 0.857. The maximum Gasteiger partial charge on any atom is 0.223 e. The van der Waals surface area contributed by atoms with E-state index in [1.807, 2.05) is 7.05 Å². The van der Waals surface area contributed by atoms with Crippen LogP contribution in [0.2, 0.25) is 0 Å². The fourth-order valence-electron chi connectivity index (χ4n) is 2.40. The van der Waals surface area contributed by atoms with E-state index >= 15 is 0 Å². The number of amides is 1. The van der Waals surface area contributed by atoms with Crippen LogP contribution in [0.1, 0.15) is 26.2 Å². The van der Waals surface area contributed by atoms with Gasteiger partial charge in [-0.05, 0) is 13.0 Å². The summed E-state index contributed by atoms with van der Waals surface area (Å²) in [5.41, 5.74) is 5.45. The van der Waals surface area contributed by atoms with Crippen LogP contribution >= 0.6 is 12.2 Å². The average molecular weight is 300 g/mol. The Kier molecular flexibility index (Phi) is 8.02. The highest BCUT2D eigenvalue weighted by Crippen LogP contribution is 2.04. The molecule has 0 spiro atoms. The SMILES string of the molecule is CCCN1CCN(CCC(=O)N(C)CCC(N)=S)CC1. The average Bonchev–Trinajstić information content (AvgIpc) is 2.44. The van der Waals surface area contributed by atoms with Gasteiger partial charge in [-0.2, -0.15) is 0 Å². The maximum atomic E-state index is 12.0. The molecule has 1 aliphatic rings. The van der Waals surface area contributed by atoms with E-state index in [1.165, 1.54) is 13.0 Å². The molecule has 0 unspecified atom stereocenters. The van der Waals surface area contributed by atoms with Crippen LogP contribution in [0.3, 0.4) is 0 Å². The van der Waals surface area contributed by atoms with Crippen LogP contribution < -0.4 is 5.73 Å². The lowest BCUT2D eigenvalue weighted by Crippen LogP contribution is -2.47. The third-order valence-electron chi connectivity index (χ3n) is 3.77. The molecule has 1 rings (SSSR count). The molecule has 20 heavy (non-hydrogen) atoms. The molecule has 0 aromatic heterocycles. The van der Waals surface area contributed by atoms with Gasteiger partial charge in [-0.3, -0.25) is 4.79 Å². The Morgan fingerprint density at radius 3 is 2.20 bits per heavy atom. The van der Waals surface area contributed by atoms with Crippen molar-refractivity contribution in [2.45, 2.75) is 26.2 Å². The van der Waals surface area contributed by atoms with Gasteiger partial charge in [-0.25, -0.2) is 0 Å². The summed E-state index contributed by atoms with van der Waals surface area (Å²) in [4.78, 5) is 19.0. The van der Waals surface area contributed by atoms with Crippen LogP contribution in [0.25, 0.3) is 0 Å². The van der Waals surface area contributed by atoms with Gasteiger partial charge in [0.05, 0.1) is 4.99 Å². The zero-order chi connectivity index (χ0) is 15.0. The first-order chi connectivity index (χ1) is 9.52. The minimum absolute atomic E-state index is 0.178. The Bertz CT molecular complexity index is 316. The fourth-order valence-corrected chi connectivity index (χ4v) is 2.49. The first-order valence-electron chi connectivity index (χ1n) is 7.50. The molecule has 2 N–H and O–H groups in total. The van der Waals surface area contributed by atoms with Crippen molar-refractivity contribution in [2.24, 2.45) is 5.73 Å². The van der Waals surface area contributed by atoms with E-state index in [1.54, 1.807) is 4.90 Å². The number of carbonyl (C=O) groups excluding carboxylic acids is 1. The Labute approximate surface area is 128 Å². The predicted molar refractivity (Wildman–Crippen MR) is 86.8 cm³/mol. The zero-order valence-electron chi connectivity index (χ0n) is 12.8. The van der Waals surface area contributed by atoms with Gasteiger partial charge in [0.15, 0.2) is 0 Å². The van der Waals surface area contributed by atoms with Crippen LogP contribution in [0.4, 0.5) is 0 Å². The van der Waals surface area contributed by atoms with Crippen molar-refractivity contribution in [1.82, 2.24) is 14.7 Å². The van der Waals surface area contributed by atoms with Gasteiger partial charge in [0.1, 0.15) is 0 Å². The third kappa shape index (κ3) is 6.63. The molecule has 1 saturated heterocycles. The summed E-state index contributed by atoms with van der Waals surface area (Å²) < 4.78 is 0. The minimum Gasteiger partial charge on any atom is -0.393 e. The smallest absolute Gasteiger partial charge is 0.223 e. The molecular formula is C14H28N4OS. The van der Waals surface area contributed by atoms with Crippen LogP contribution in [-0.4, -0.2) is 78.5 Å². The molecular weight excluding hydrogens is 272 g/mol. The number of nitrogens with zero attached hydrogens (tertiary/aromatic N) is 3. The summed E-state index contributed by atoms with van der Waals surface area (Å²) >= 11 is 4.83. The van der Waals surface area contributed by atoms with E-state index < -0.39 is 0 Å². The molecule has 6 heteroatoms. The van der Waals surface area contributed by atoms with E-state index in [2.05, 4.69) is 16.7 Å². The van der Waals surface area contributed by atoms with Gasteiger partial charge >= 0.3 is 0 Å². The summed E-state index contributed by atoms with van der Waals surface area (Å²) in [5.74, 6) is 0.178. The molecule has 0 aromatic carbocycles. The molecule has 0 aliphatic carbocycles. The molecule has 1 amide bonds. The highest BCUT2D eigenvalue weighted by atomic mass is 32.1. The Hall–Kier alpha value is -0.720. The number of hydrogen-bond donors (Lipinski definition) is 1. The van der Waals surface area contributed by atoms with Crippen LogP contribution in [0, 0.1) is 0 Å². The lowest BCUT2D eigenvalue weighted by Gasteiger charge is -2.34. The molecule has 1 aliphatic heterocycles. The zero-order valence-corrected chi connectivity index (χ0v) is 13.6. The molecule has 116 valence electrons. The van der Waals surface area contributed by atoms with E-state index in [4.69, 9.17) is 18.0 Å². The van der Waals surface area contributed by atoms with Gasteiger partial charge < -0.3 is 20.4 Å². The number of piperazine rings is 1. The van der Waals surface area contributed by atoms with Crippen LogP contribution in [0.15, 0.2) is 0 Å². The van der Waals surface area contributed by atoms with Crippen LogP contribution in [0.5, 0.6) is 0 Å². The lowest BCUT2D eigenvalue weighted by molar-refractivity contribution is -0.130. The van der Waals surface area contributed by atoms with Crippen molar-refractivity contribution in [2.75, 3.05) is 52.9 Å². The van der Waals surface area contributed by atoms with Gasteiger partial charge in [0, 0.05) is 59.2 Å². The van der Waals surface area contributed by atoms with E-state index in [0.717, 1.165) is 32.7 Å². The Morgan fingerprint density at radius 2 is 1.70 bits per heavy atom. The van der Waals surface area contributed by atoms with Crippen molar-refractivity contribution >= 4 is 23.1 Å². The van der Waals surface area contributed by atoms with Crippen LogP contribution in [-0.2, 0) is 4.79 Å². The first-order valence-corrected chi connectivity index (χ1v) is 7.90. The summed E-state index contributed by atoms with van der Waals surface area (Å²) in [6.45, 7) is 9.28. The molecule has 0 aromatic rings. The lowest BCUT2D eigenvalue weighted by atomic mass is 10.2. The Morgan fingerprint density at radius 1 is 1.15 bits per heavy atom. The van der Waals surface area contributed by atoms with Gasteiger partial charge in [-0.15, -0.1) is 0 Å². The van der Waals surface area contributed by atoms with Crippen molar-refractivity contribution in [1.29, 1.82) is 0 Å². The first kappa shape index (κ1) is 17.3. The highest BCUT2D eigenvalue weighted by molar-refractivity contribution is 7.80. The third-order valence-corrected chi connectivity index (χ3v) is 3.97. The molecule has 1 fully saturated rings. The molecule has 1 heterocycles. The second-order valence-electron chi connectivity index (χ2n) is 5.46. The van der Waals surface area contributed by atoms with E-state index in [-0.39, 0.29) is 5.91 Å². The quantitative estimate of drug-likeness (QED) is 0.663. The number of rotatable bonds is 8. The van der Waals surface area contributed by atoms with Gasteiger partial charge in [0.25, 0.3) is 0 Å². The van der Waals surface area contributed by atoms with Crippen molar-refractivity contribution in [3.05, 3.63) is 0 Å². The second kappa shape index (κ2) is 9.26. The molecule has 5 nitrogen and oxygen atoms in total. The van der Waals surface area contributed by atoms with E-state index in [9.17, 15) is 4.79 Å². The number of carbonyl (C=O) groups is 1. The van der Waals surface area contributed by atoms with Gasteiger partial charge in [0.2, 0.25) is 5.91 Å². The van der Waals surface area contributed by atoms with E-state index in [0.29, 0.717) is 24.4 Å². The Balaban J connectivity index is 2.17. The number of nitrogens with two attached hydrogens (primary N) is 1. The summed E-state index contributed by atoms with van der Waals surface area (Å²) in [7, 11) is 1.82. The van der Waals surface area contributed by atoms with Crippen molar-refractivity contribution in [3.63, 3.8) is 0 Å². The molecule has 0 saturated carbocycles. The molecule has 0 atom stereocenters. The maximum absolute atomic E-state index is 12.0. The van der Waals surface area contributed by atoms with Gasteiger partial charge in [-0.1, -0.05) is 19.1 Å². The molecule has 0 radical (unpaired) electrons. The standard InChI is InChI=1S/C14H28N4OS/c1-3-6-17-9-11-18(12-10-17)8-5-14(19)16(2)7-4-13(15)20/h3-12H2,1-2H3,(H2,15,20). The minimum atomic E-state index is 0.178. The summed E-state index contributed by atoms with van der Waals surface area (Å²) in [6.07, 6.45) is 2.40. The monoisotopic (exact) mass is 300 g/mol. The summed E-state index contributed by atoms with van der Waals surface area (Å²) in [6, 6.07) is 0. The largest absolute Gasteiger partial charge is 0.393 e. The number of hydrogen-bond acceptors (Lipinski definition) is 4. The predicted octanol–water partition coefficient (Wildman–Crippen LogP) is 0.539. The summed E-state index contributed by atoms with van der Waals surface area (Å²) in [5, 5.41) is 0.